The summed E-state index contributed by atoms with van der Waals surface area (Å²) < 4.78 is 1.30. The Morgan fingerprint density at radius 3 is 2.75 bits per heavy atom. The summed E-state index contributed by atoms with van der Waals surface area (Å²) >= 11 is 0. The number of hydrogen-bond donors (Lipinski definition) is 2. The van der Waals surface area contributed by atoms with Crippen molar-refractivity contribution >= 4 is 17.5 Å². The second kappa shape index (κ2) is 7.82. The van der Waals surface area contributed by atoms with Crippen LogP contribution in [0.2, 0.25) is 0 Å². The Bertz CT molecular complexity index is 1080. The maximum atomic E-state index is 12.4. The number of carbonyl (C=O) groups excluding carboxylic acids is 2. The zero-order valence-electron chi connectivity index (χ0n) is 15.6. The SMILES string of the molecule is Cc1cc(=O)[nH]c(-c2cccc(NC(=O)c3cn(CC(=O)N(C)C)nn3)c2)n1. The molecule has 0 bridgehead atoms. The molecule has 0 fully saturated rings. The summed E-state index contributed by atoms with van der Waals surface area (Å²) in [7, 11) is 3.27. The van der Waals surface area contributed by atoms with E-state index in [0.29, 0.717) is 22.8 Å². The van der Waals surface area contributed by atoms with Crippen molar-refractivity contribution < 1.29 is 9.59 Å². The minimum absolute atomic E-state index is 0.00481. The standard InChI is InChI=1S/C18H19N7O3/c1-11-7-15(26)21-17(19-11)12-5-4-6-13(8-12)20-18(28)14-9-25(23-22-14)10-16(27)24(2)3/h4-9H,10H2,1-3H3,(H,20,28)(H,19,21,26). The van der Waals surface area contributed by atoms with Crippen molar-refractivity contribution in [2.75, 3.05) is 19.4 Å². The fourth-order valence-electron chi connectivity index (χ4n) is 2.41. The van der Waals surface area contributed by atoms with Crippen molar-refractivity contribution in [1.82, 2.24) is 29.9 Å². The third-order valence-corrected chi connectivity index (χ3v) is 3.83. The zero-order chi connectivity index (χ0) is 20.3. The van der Waals surface area contributed by atoms with E-state index in [4.69, 9.17) is 0 Å². The minimum atomic E-state index is -0.466. The minimum Gasteiger partial charge on any atom is -0.347 e. The highest BCUT2D eigenvalue weighted by molar-refractivity contribution is 6.02. The van der Waals surface area contributed by atoms with Crippen molar-refractivity contribution in [1.29, 1.82) is 0 Å². The molecule has 10 heteroatoms. The average molecular weight is 381 g/mol. The van der Waals surface area contributed by atoms with Gasteiger partial charge in [0.1, 0.15) is 12.4 Å². The van der Waals surface area contributed by atoms with E-state index in [-0.39, 0.29) is 23.7 Å². The monoisotopic (exact) mass is 381 g/mol. The highest BCUT2D eigenvalue weighted by atomic mass is 16.2. The van der Waals surface area contributed by atoms with Gasteiger partial charge in [0.15, 0.2) is 5.69 Å². The van der Waals surface area contributed by atoms with Gasteiger partial charge in [0.25, 0.3) is 11.5 Å². The van der Waals surface area contributed by atoms with Crippen LogP contribution in [0.15, 0.2) is 41.3 Å². The molecule has 0 saturated heterocycles. The fourth-order valence-corrected chi connectivity index (χ4v) is 2.41. The van der Waals surface area contributed by atoms with Gasteiger partial charge in [-0.25, -0.2) is 9.67 Å². The van der Waals surface area contributed by atoms with Gasteiger partial charge in [-0.2, -0.15) is 0 Å². The highest BCUT2D eigenvalue weighted by Gasteiger charge is 2.14. The number of benzene rings is 1. The maximum absolute atomic E-state index is 12.4. The third-order valence-electron chi connectivity index (χ3n) is 3.83. The third kappa shape index (κ3) is 4.47. The summed E-state index contributed by atoms with van der Waals surface area (Å²) in [6, 6.07) is 8.31. The van der Waals surface area contributed by atoms with Gasteiger partial charge in [0.2, 0.25) is 5.91 Å². The van der Waals surface area contributed by atoms with Crippen LogP contribution in [-0.4, -0.2) is 55.8 Å². The van der Waals surface area contributed by atoms with Crippen molar-refractivity contribution in [3.05, 3.63) is 58.3 Å². The number of anilines is 1. The Morgan fingerprint density at radius 1 is 1.25 bits per heavy atom. The molecular formula is C18H19N7O3. The second-order valence-electron chi connectivity index (χ2n) is 6.36. The number of hydrogen-bond acceptors (Lipinski definition) is 6. The average Bonchev–Trinajstić information content (AvgIpc) is 3.09. The van der Waals surface area contributed by atoms with Gasteiger partial charge in [-0.05, 0) is 19.1 Å². The Morgan fingerprint density at radius 2 is 2.04 bits per heavy atom. The van der Waals surface area contributed by atoms with Crippen LogP contribution < -0.4 is 10.9 Å². The molecule has 10 nitrogen and oxygen atoms in total. The van der Waals surface area contributed by atoms with Crippen LogP contribution in [0.1, 0.15) is 16.2 Å². The van der Waals surface area contributed by atoms with Crippen molar-refractivity contribution in [2.45, 2.75) is 13.5 Å². The molecule has 3 rings (SSSR count). The molecule has 2 N–H and O–H groups in total. The van der Waals surface area contributed by atoms with E-state index >= 15 is 0 Å². The van der Waals surface area contributed by atoms with Crippen LogP contribution in [-0.2, 0) is 11.3 Å². The highest BCUT2D eigenvalue weighted by Crippen LogP contribution is 2.19. The molecule has 0 spiro atoms. The largest absolute Gasteiger partial charge is 0.347 e. The van der Waals surface area contributed by atoms with Gasteiger partial charge in [-0.3, -0.25) is 14.4 Å². The van der Waals surface area contributed by atoms with Crippen molar-refractivity contribution in [3.8, 4) is 11.4 Å². The number of rotatable bonds is 5. The normalized spacial score (nSPS) is 10.5. The van der Waals surface area contributed by atoms with Crippen molar-refractivity contribution in [2.24, 2.45) is 0 Å². The molecule has 0 aliphatic heterocycles. The summed E-state index contributed by atoms with van der Waals surface area (Å²) in [4.78, 5) is 44.1. The van der Waals surface area contributed by atoms with Gasteiger partial charge in [-0.1, -0.05) is 17.3 Å². The van der Waals surface area contributed by atoms with Gasteiger partial charge in [0.05, 0.1) is 6.20 Å². The zero-order valence-corrected chi connectivity index (χ0v) is 15.6. The molecule has 0 unspecified atom stereocenters. The van der Waals surface area contributed by atoms with Crippen molar-refractivity contribution in [3.63, 3.8) is 0 Å². The molecular weight excluding hydrogens is 362 g/mol. The smallest absolute Gasteiger partial charge is 0.277 e. The first-order chi connectivity index (χ1) is 13.3. The second-order valence-corrected chi connectivity index (χ2v) is 6.36. The predicted octanol–water partition coefficient (Wildman–Crippen LogP) is 0.677. The number of H-pyrrole nitrogens is 1. The van der Waals surface area contributed by atoms with Gasteiger partial charge >= 0.3 is 0 Å². The molecule has 28 heavy (non-hydrogen) atoms. The Balaban J connectivity index is 1.75. The molecule has 0 atom stereocenters. The Kier molecular flexibility index (Phi) is 5.30. The molecule has 0 radical (unpaired) electrons. The predicted molar refractivity (Wildman–Crippen MR) is 102 cm³/mol. The summed E-state index contributed by atoms with van der Waals surface area (Å²) in [6.07, 6.45) is 1.40. The number of aromatic amines is 1. The number of nitrogens with one attached hydrogen (secondary N) is 2. The van der Waals surface area contributed by atoms with E-state index < -0.39 is 5.91 Å². The molecule has 2 heterocycles. The number of carbonyl (C=O) groups is 2. The van der Waals surface area contributed by atoms with E-state index in [1.165, 1.54) is 21.8 Å². The lowest BCUT2D eigenvalue weighted by Gasteiger charge is -2.08. The van der Waals surface area contributed by atoms with E-state index in [1.54, 1.807) is 45.3 Å². The molecule has 2 aromatic heterocycles. The van der Waals surface area contributed by atoms with Crippen LogP contribution in [0, 0.1) is 6.92 Å². The first-order valence-electron chi connectivity index (χ1n) is 8.42. The molecule has 3 aromatic rings. The fraction of sp³-hybridized carbons (Fsp3) is 0.222. The molecule has 2 amide bonds. The lowest BCUT2D eigenvalue weighted by atomic mass is 10.2. The Hall–Kier alpha value is -3.82. The Labute approximate surface area is 160 Å². The number of nitrogens with zero attached hydrogens (tertiary/aromatic N) is 5. The van der Waals surface area contributed by atoms with E-state index in [1.807, 2.05) is 0 Å². The summed E-state index contributed by atoms with van der Waals surface area (Å²) in [5, 5.41) is 10.3. The van der Waals surface area contributed by atoms with Gasteiger partial charge in [0, 0.05) is 37.1 Å². The number of likely N-dealkylation sites (N-methyl/N-ethyl adjacent to an activating group) is 1. The molecule has 144 valence electrons. The van der Waals surface area contributed by atoms with E-state index in [0.717, 1.165) is 0 Å². The molecule has 1 aromatic carbocycles. The van der Waals surface area contributed by atoms with Crippen LogP contribution in [0.3, 0.4) is 0 Å². The van der Waals surface area contributed by atoms with Crippen LogP contribution in [0.4, 0.5) is 5.69 Å². The summed E-state index contributed by atoms with van der Waals surface area (Å²) in [6.45, 7) is 1.73. The summed E-state index contributed by atoms with van der Waals surface area (Å²) in [5.74, 6) is -0.218. The van der Waals surface area contributed by atoms with E-state index in [2.05, 4.69) is 25.6 Å². The quantitative estimate of drug-likeness (QED) is 0.669. The van der Waals surface area contributed by atoms with Crippen LogP contribution in [0.25, 0.3) is 11.4 Å². The number of aromatic nitrogens is 5. The van der Waals surface area contributed by atoms with Gasteiger partial charge in [-0.15, -0.1) is 5.10 Å². The molecule has 0 saturated carbocycles. The first-order valence-corrected chi connectivity index (χ1v) is 8.42. The van der Waals surface area contributed by atoms with E-state index in [9.17, 15) is 14.4 Å². The van der Waals surface area contributed by atoms with Crippen LogP contribution in [0.5, 0.6) is 0 Å². The summed E-state index contributed by atoms with van der Waals surface area (Å²) in [5.41, 5.74) is 1.58. The lowest BCUT2D eigenvalue weighted by molar-refractivity contribution is -0.129. The number of amides is 2. The maximum Gasteiger partial charge on any atom is 0.277 e. The number of aryl methyl sites for hydroxylation is 1. The first kappa shape index (κ1) is 19.0. The van der Waals surface area contributed by atoms with Crippen LogP contribution >= 0.6 is 0 Å². The lowest BCUT2D eigenvalue weighted by Crippen LogP contribution is -2.26. The molecule has 0 aliphatic carbocycles. The topological polar surface area (TPSA) is 126 Å². The molecule has 0 aliphatic rings. The van der Waals surface area contributed by atoms with Gasteiger partial charge < -0.3 is 15.2 Å².